The highest BCUT2D eigenvalue weighted by Crippen LogP contribution is 2.21. The van der Waals surface area contributed by atoms with Crippen molar-refractivity contribution in [3.63, 3.8) is 0 Å². The SMILES string of the molecule is Cn1cc(CC(=O)NCc2nn(Cc3ccccn3)c(=O)c3ccccc23)c2ccccc21. The van der Waals surface area contributed by atoms with Crippen molar-refractivity contribution in [1.82, 2.24) is 24.6 Å². The van der Waals surface area contributed by atoms with Gasteiger partial charge in [0.25, 0.3) is 5.56 Å². The number of para-hydroxylation sites is 1. The Balaban J connectivity index is 1.40. The van der Waals surface area contributed by atoms with Gasteiger partial charge in [-0.15, -0.1) is 0 Å². The van der Waals surface area contributed by atoms with Crippen LogP contribution in [0.15, 0.2) is 83.9 Å². The lowest BCUT2D eigenvalue weighted by Gasteiger charge is -2.12. The highest BCUT2D eigenvalue weighted by Gasteiger charge is 2.14. The first kappa shape index (κ1) is 20.6. The first-order chi connectivity index (χ1) is 16.1. The minimum Gasteiger partial charge on any atom is -0.350 e. The first-order valence-corrected chi connectivity index (χ1v) is 10.8. The summed E-state index contributed by atoms with van der Waals surface area (Å²) in [5, 5.41) is 9.94. The number of amides is 1. The number of rotatable bonds is 6. The van der Waals surface area contributed by atoms with Crippen molar-refractivity contribution in [1.29, 1.82) is 0 Å². The summed E-state index contributed by atoms with van der Waals surface area (Å²) in [5.41, 5.74) is 3.28. The number of fused-ring (bicyclic) bond motifs is 2. The highest BCUT2D eigenvalue weighted by molar-refractivity contribution is 5.89. The largest absolute Gasteiger partial charge is 0.350 e. The van der Waals surface area contributed by atoms with Crippen LogP contribution < -0.4 is 10.9 Å². The smallest absolute Gasteiger partial charge is 0.275 e. The Morgan fingerprint density at radius 2 is 1.67 bits per heavy atom. The molecule has 1 amide bonds. The fourth-order valence-electron chi connectivity index (χ4n) is 4.17. The van der Waals surface area contributed by atoms with Crippen LogP contribution in [0.5, 0.6) is 0 Å². The number of aryl methyl sites for hydroxylation is 1. The van der Waals surface area contributed by atoms with Crippen LogP contribution in [0, 0.1) is 0 Å². The zero-order valence-corrected chi connectivity index (χ0v) is 18.2. The standard InChI is InChI=1S/C26H23N5O2/c1-30-16-18(20-9-4-5-12-24(20)30)14-25(32)28-15-23-21-10-2-3-11-22(21)26(33)31(29-23)17-19-8-6-7-13-27-19/h2-13,16H,14-15,17H2,1H3,(H,28,32). The second kappa shape index (κ2) is 8.70. The molecule has 0 saturated heterocycles. The third-order valence-electron chi connectivity index (χ3n) is 5.77. The van der Waals surface area contributed by atoms with E-state index in [1.165, 1.54) is 4.68 Å². The quantitative estimate of drug-likeness (QED) is 0.442. The predicted octanol–water partition coefficient (Wildman–Crippen LogP) is 3.19. The van der Waals surface area contributed by atoms with Gasteiger partial charge in [0.05, 0.1) is 36.3 Å². The molecule has 0 atom stereocenters. The van der Waals surface area contributed by atoms with Crippen molar-refractivity contribution in [2.45, 2.75) is 19.5 Å². The van der Waals surface area contributed by atoms with Crippen LogP contribution in [0.1, 0.15) is 17.0 Å². The normalized spacial score (nSPS) is 11.2. The van der Waals surface area contributed by atoms with Crippen LogP contribution in [-0.2, 0) is 31.4 Å². The maximum absolute atomic E-state index is 13.0. The van der Waals surface area contributed by atoms with E-state index in [2.05, 4.69) is 15.4 Å². The Bertz CT molecular complexity index is 1520. The van der Waals surface area contributed by atoms with Gasteiger partial charge in [-0.05, 0) is 29.8 Å². The molecule has 164 valence electrons. The van der Waals surface area contributed by atoms with Gasteiger partial charge in [0.2, 0.25) is 5.91 Å². The Morgan fingerprint density at radius 3 is 2.45 bits per heavy atom. The molecule has 33 heavy (non-hydrogen) atoms. The molecule has 5 aromatic rings. The average molecular weight is 438 g/mol. The number of aromatic nitrogens is 4. The van der Waals surface area contributed by atoms with Gasteiger partial charge in [0.15, 0.2) is 0 Å². The Morgan fingerprint density at radius 1 is 0.939 bits per heavy atom. The molecule has 1 N–H and O–H groups in total. The second-order valence-corrected chi connectivity index (χ2v) is 8.01. The van der Waals surface area contributed by atoms with Gasteiger partial charge >= 0.3 is 0 Å². The van der Waals surface area contributed by atoms with Gasteiger partial charge in [0.1, 0.15) is 0 Å². The van der Waals surface area contributed by atoms with E-state index in [0.29, 0.717) is 11.1 Å². The molecule has 0 radical (unpaired) electrons. The Hall–Kier alpha value is -4.26. The summed E-state index contributed by atoms with van der Waals surface area (Å²) >= 11 is 0. The molecular formula is C26H23N5O2. The topological polar surface area (TPSA) is 81.8 Å². The summed E-state index contributed by atoms with van der Waals surface area (Å²) in [6.45, 7) is 0.494. The third kappa shape index (κ3) is 4.13. The van der Waals surface area contributed by atoms with Gasteiger partial charge < -0.3 is 9.88 Å². The lowest BCUT2D eigenvalue weighted by Crippen LogP contribution is -2.29. The summed E-state index contributed by atoms with van der Waals surface area (Å²) in [7, 11) is 1.98. The molecular weight excluding hydrogens is 414 g/mol. The van der Waals surface area contributed by atoms with Crippen molar-refractivity contribution in [3.05, 3.63) is 106 Å². The van der Waals surface area contributed by atoms with E-state index in [1.807, 2.05) is 78.5 Å². The molecule has 2 aromatic carbocycles. The van der Waals surface area contributed by atoms with E-state index in [-0.39, 0.29) is 31.0 Å². The summed E-state index contributed by atoms with van der Waals surface area (Å²) in [6, 6.07) is 20.9. The van der Waals surface area contributed by atoms with E-state index >= 15 is 0 Å². The summed E-state index contributed by atoms with van der Waals surface area (Å²) in [6.07, 6.45) is 3.95. The highest BCUT2D eigenvalue weighted by atomic mass is 16.1. The van der Waals surface area contributed by atoms with Gasteiger partial charge in [-0.25, -0.2) is 4.68 Å². The molecule has 5 rings (SSSR count). The maximum atomic E-state index is 13.0. The summed E-state index contributed by atoms with van der Waals surface area (Å²) in [5.74, 6) is -0.0975. The molecule has 0 bridgehead atoms. The lowest BCUT2D eigenvalue weighted by molar-refractivity contribution is -0.120. The van der Waals surface area contributed by atoms with Crippen LogP contribution in [0.3, 0.4) is 0 Å². The number of hydrogen-bond acceptors (Lipinski definition) is 4. The van der Waals surface area contributed by atoms with Gasteiger partial charge in [0, 0.05) is 35.7 Å². The number of carbonyl (C=O) groups excluding carboxylic acids is 1. The third-order valence-corrected chi connectivity index (χ3v) is 5.77. The number of benzene rings is 2. The van der Waals surface area contributed by atoms with E-state index in [4.69, 9.17) is 0 Å². The van der Waals surface area contributed by atoms with Crippen molar-refractivity contribution >= 4 is 27.6 Å². The molecule has 0 saturated carbocycles. The molecule has 0 spiro atoms. The molecule has 0 fully saturated rings. The fourth-order valence-corrected chi connectivity index (χ4v) is 4.17. The summed E-state index contributed by atoms with van der Waals surface area (Å²) in [4.78, 5) is 30.1. The van der Waals surface area contributed by atoms with Crippen LogP contribution in [-0.4, -0.2) is 25.2 Å². The summed E-state index contributed by atoms with van der Waals surface area (Å²) < 4.78 is 3.44. The van der Waals surface area contributed by atoms with Crippen molar-refractivity contribution in [2.75, 3.05) is 0 Å². The van der Waals surface area contributed by atoms with Crippen molar-refractivity contribution < 1.29 is 4.79 Å². The molecule has 0 aliphatic heterocycles. The van der Waals surface area contributed by atoms with E-state index in [1.54, 1.807) is 12.3 Å². The fraction of sp³-hybridized carbons (Fsp3) is 0.154. The molecule has 0 aliphatic carbocycles. The molecule has 3 heterocycles. The molecule has 7 nitrogen and oxygen atoms in total. The van der Waals surface area contributed by atoms with Crippen LogP contribution in [0.2, 0.25) is 0 Å². The average Bonchev–Trinajstić information content (AvgIpc) is 3.16. The zero-order chi connectivity index (χ0) is 22.8. The Labute approximate surface area is 190 Å². The molecule has 0 unspecified atom stereocenters. The lowest BCUT2D eigenvalue weighted by atomic mass is 10.1. The second-order valence-electron chi connectivity index (χ2n) is 8.01. The van der Waals surface area contributed by atoms with Crippen molar-refractivity contribution in [3.8, 4) is 0 Å². The molecule has 7 heteroatoms. The minimum atomic E-state index is -0.179. The number of nitrogens with one attached hydrogen (secondary N) is 1. The van der Waals surface area contributed by atoms with Gasteiger partial charge in [-0.2, -0.15) is 5.10 Å². The minimum absolute atomic E-state index is 0.0975. The maximum Gasteiger partial charge on any atom is 0.275 e. The number of hydrogen-bond donors (Lipinski definition) is 1. The van der Waals surface area contributed by atoms with Crippen LogP contribution >= 0.6 is 0 Å². The molecule has 3 aromatic heterocycles. The first-order valence-electron chi connectivity index (χ1n) is 10.8. The Kier molecular flexibility index (Phi) is 5.44. The number of carbonyl (C=O) groups is 1. The van der Waals surface area contributed by atoms with E-state index < -0.39 is 0 Å². The zero-order valence-electron chi connectivity index (χ0n) is 18.2. The van der Waals surface area contributed by atoms with Crippen LogP contribution in [0.4, 0.5) is 0 Å². The monoisotopic (exact) mass is 437 g/mol. The number of nitrogens with zero attached hydrogens (tertiary/aromatic N) is 4. The van der Waals surface area contributed by atoms with Gasteiger partial charge in [-0.3, -0.25) is 14.6 Å². The molecule has 0 aliphatic rings. The van der Waals surface area contributed by atoms with Crippen LogP contribution in [0.25, 0.3) is 21.7 Å². The van der Waals surface area contributed by atoms with Gasteiger partial charge in [-0.1, -0.05) is 42.5 Å². The predicted molar refractivity (Wildman–Crippen MR) is 128 cm³/mol. The van der Waals surface area contributed by atoms with E-state index in [9.17, 15) is 9.59 Å². The number of pyridine rings is 1. The van der Waals surface area contributed by atoms with Crippen molar-refractivity contribution in [2.24, 2.45) is 7.05 Å². The van der Waals surface area contributed by atoms with E-state index in [0.717, 1.165) is 27.5 Å².